The van der Waals surface area contributed by atoms with E-state index in [1.54, 1.807) is 0 Å². The predicted octanol–water partition coefficient (Wildman–Crippen LogP) is 16.0. The quantitative estimate of drug-likeness (QED) is 0.157. The number of anilines is 3. The van der Waals surface area contributed by atoms with Crippen molar-refractivity contribution < 1.29 is 0 Å². The number of thiophene rings is 1. The molecule has 0 saturated heterocycles. The summed E-state index contributed by atoms with van der Waals surface area (Å²) in [7, 11) is 0. The number of hydrogen-bond acceptors (Lipinski definition) is 2. The summed E-state index contributed by atoms with van der Waals surface area (Å²) in [5, 5.41) is 5.15. The lowest BCUT2D eigenvalue weighted by atomic mass is 9.80. The SMILES string of the molecule is CC1(C)c2cc(-c3ccc4c(c3)sc3cc(C#Cc5ccc(N(c6ccccc6)c6ccccc6)cc5)ccc34)ccc2-c2ccc3c4ccccc4n(-c4ccccc4)c3c21. The number of rotatable bonds is 5. The van der Waals surface area contributed by atoms with Crippen molar-refractivity contribution in [2.24, 2.45) is 0 Å². The average Bonchev–Trinajstić information content (AvgIpc) is 3.94. The first-order valence-electron chi connectivity index (χ1n) is 21.3. The molecule has 0 fully saturated rings. The highest BCUT2D eigenvalue weighted by Crippen LogP contribution is 2.54. The molecule has 0 N–H and O–H groups in total. The summed E-state index contributed by atoms with van der Waals surface area (Å²) in [6.45, 7) is 4.81. The van der Waals surface area contributed by atoms with Crippen LogP contribution < -0.4 is 4.90 Å². The van der Waals surface area contributed by atoms with Crippen LogP contribution in [0.4, 0.5) is 17.1 Å². The van der Waals surface area contributed by atoms with Gasteiger partial charge < -0.3 is 9.47 Å². The van der Waals surface area contributed by atoms with Gasteiger partial charge in [-0.25, -0.2) is 0 Å². The van der Waals surface area contributed by atoms with Gasteiger partial charge in [-0.1, -0.05) is 141 Å². The van der Waals surface area contributed by atoms with Crippen LogP contribution in [-0.4, -0.2) is 4.57 Å². The monoisotopic (exact) mass is 808 g/mol. The van der Waals surface area contributed by atoms with Crippen molar-refractivity contribution in [1.29, 1.82) is 0 Å². The van der Waals surface area contributed by atoms with Gasteiger partial charge in [0.2, 0.25) is 0 Å². The van der Waals surface area contributed by atoms with Crippen LogP contribution in [0.15, 0.2) is 206 Å². The minimum atomic E-state index is -0.201. The fourth-order valence-corrected chi connectivity index (χ4v) is 11.0. The summed E-state index contributed by atoms with van der Waals surface area (Å²) in [6.07, 6.45) is 0. The van der Waals surface area contributed by atoms with Crippen LogP contribution in [-0.2, 0) is 5.41 Å². The van der Waals surface area contributed by atoms with Gasteiger partial charge in [0, 0.05) is 70.2 Å². The van der Waals surface area contributed by atoms with E-state index in [-0.39, 0.29) is 5.41 Å². The Morgan fingerprint density at radius 3 is 1.74 bits per heavy atom. The number of para-hydroxylation sites is 4. The van der Waals surface area contributed by atoms with Crippen LogP contribution in [0.2, 0.25) is 0 Å². The molecular formula is C59H40N2S. The summed E-state index contributed by atoms with van der Waals surface area (Å²) >= 11 is 1.85. The maximum atomic E-state index is 3.46. The van der Waals surface area contributed by atoms with Crippen molar-refractivity contribution in [3.63, 3.8) is 0 Å². The van der Waals surface area contributed by atoms with Gasteiger partial charge in [0.05, 0.1) is 11.0 Å². The zero-order valence-electron chi connectivity index (χ0n) is 34.4. The lowest BCUT2D eigenvalue weighted by Gasteiger charge is -2.25. The molecule has 1 aliphatic rings. The number of fused-ring (bicyclic) bond motifs is 10. The molecule has 2 heterocycles. The Balaban J connectivity index is 0.860. The highest BCUT2D eigenvalue weighted by molar-refractivity contribution is 7.25. The van der Waals surface area contributed by atoms with E-state index in [0.717, 1.165) is 28.2 Å². The van der Waals surface area contributed by atoms with Crippen LogP contribution in [0.25, 0.3) is 69.9 Å². The molecule has 2 aromatic heterocycles. The first-order valence-corrected chi connectivity index (χ1v) is 22.1. The summed E-state index contributed by atoms with van der Waals surface area (Å²) in [4.78, 5) is 2.27. The Kier molecular flexibility index (Phi) is 8.32. The Hall–Kier alpha value is -7.64. The average molecular weight is 809 g/mol. The molecule has 9 aromatic carbocycles. The summed E-state index contributed by atoms with van der Waals surface area (Å²) in [5.74, 6) is 6.89. The summed E-state index contributed by atoms with van der Waals surface area (Å²) < 4.78 is 5.02. The highest BCUT2D eigenvalue weighted by Gasteiger charge is 2.39. The molecular weight excluding hydrogens is 769 g/mol. The molecule has 0 atom stereocenters. The number of nitrogens with zero attached hydrogens (tertiary/aromatic N) is 2. The minimum absolute atomic E-state index is 0.201. The highest BCUT2D eigenvalue weighted by atomic mass is 32.1. The van der Waals surface area contributed by atoms with Crippen LogP contribution in [0.5, 0.6) is 0 Å². The van der Waals surface area contributed by atoms with Gasteiger partial charge >= 0.3 is 0 Å². The third-order valence-corrected chi connectivity index (χ3v) is 13.9. The lowest BCUT2D eigenvalue weighted by Crippen LogP contribution is -2.16. The first kappa shape index (κ1) is 36.2. The molecule has 0 aliphatic heterocycles. The van der Waals surface area contributed by atoms with Gasteiger partial charge in [-0.3, -0.25) is 0 Å². The molecule has 0 spiro atoms. The Morgan fingerprint density at radius 1 is 0.452 bits per heavy atom. The van der Waals surface area contributed by atoms with Crippen LogP contribution >= 0.6 is 11.3 Å². The van der Waals surface area contributed by atoms with E-state index in [1.165, 1.54) is 81.0 Å². The van der Waals surface area contributed by atoms with Crippen molar-refractivity contribution in [2.45, 2.75) is 19.3 Å². The first-order chi connectivity index (χ1) is 30.5. The third-order valence-electron chi connectivity index (χ3n) is 12.8. The van der Waals surface area contributed by atoms with Crippen LogP contribution in [0, 0.1) is 11.8 Å². The molecule has 1 aliphatic carbocycles. The number of aromatic nitrogens is 1. The van der Waals surface area contributed by atoms with E-state index in [9.17, 15) is 0 Å². The predicted molar refractivity (Wildman–Crippen MR) is 264 cm³/mol. The zero-order chi connectivity index (χ0) is 41.4. The van der Waals surface area contributed by atoms with Gasteiger partial charge in [0.25, 0.3) is 0 Å². The lowest BCUT2D eigenvalue weighted by molar-refractivity contribution is 0.664. The molecule has 2 nitrogen and oxygen atoms in total. The molecule has 0 saturated carbocycles. The van der Waals surface area contributed by atoms with Crippen molar-refractivity contribution in [3.8, 4) is 39.8 Å². The molecule has 3 heteroatoms. The second-order valence-electron chi connectivity index (χ2n) is 16.8. The molecule has 0 radical (unpaired) electrons. The standard InChI is InChI=1S/C59H40N2S/c1-59(2)53-37-41(27-32-47(53)51-34-35-52-48-20-12-13-21-54(48)61(58(52)57(51)59)45-18-10-5-11-19-45)42-28-33-50-49-31-26-40(36-55(49)62-56(50)38-42)23-22-39-24-29-46(30-25-39)60(43-14-6-3-7-15-43)44-16-8-4-9-17-44/h3-21,24-38H,1-2H3. The molecule has 12 rings (SSSR count). The molecule has 0 unspecified atom stereocenters. The maximum absolute atomic E-state index is 3.46. The van der Waals surface area contributed by atoms with E-state index in [2.05, 4.69) is 241 Å². The molecule has 0 amide bonds. The smallest absolute Gasteiger partial charge is 0.0588 e. The Morgan fingerprint density at radius 2 is 1.00 bits per heavy atom. The van der Waals surface area contributed by atoms with Gasteiger partial charge in [-0.2, -0.15) is 0 Å². The van der Waals surface area contributed by atoms with E-state index in [1.807, 2.05) is 11.3 Å². The fraction of sp³-hybridized carbons (Fsp3) is 0.0508. The van der Waals surface area contributed by atoms with Gasteiger partial charge in [-0.15, -0.1) is 11.3 Å². The van der Waals surface area contributed by atoms with Crippen molar-refractivity contribution in [2.75, 3.05) is 4.90 Å². The Bertz CT molecular complexity index is 3550. The van der Waals surface area contributed by atoms with Crippen molar-refractivity contribution >= 4 is 70.4 Å². The summed E-state index contributed by atoms with van der Waals surface area (Å²) in [5.41, 5.74) is 16.8. The van der Waals surface area contributed by atoms with Gasteiger partial charge in [0.1, 0.15) is 0 Å². The van der Waals surface area contributed by atoms with Crippen LogP contribution in [0.3, 0.4) is 0 Å². The molecule has 0 bridgehead atoms. The van der Waals surface area contributed by atoms with Gasteiger partial charge in [-0.05, 0) is 124 Å². The second-order valence-corrected chi connectivity index (χ2v) is 17.9. The van der Waals surface area contributed by atoms with Crippen molar-refractivity contribution in [1.82, 2.24) is 4.57 Å². The van der Waals surface area contributed by atoms with Crippen molar-refractivity contribution in [3.05, 3.63) is 229 Å². The minimum Gasteiger partial charge on any atom is -0.311 e. The second kappa shape index (κ2) is 14.2. The third kappa shape index (κ3) is 5.80. The largest absolute Gasteiger partial charge is 0.311 e. The van der Waals surface area contributed by atoms with Crippen LogP contribution in [0.1, 0.15) is 36.1 Å². The van der Waals surface area contributed by atoms with Gasteiger partial charge in [0.15, 0.2) is 0 Å². The van der Waals surface area contributed by atoms with E-state index in [4.69, 9.17) is 0 Å². The van der Waals surface area contributed by atoms with E-state index >= 15 is 0 Å². The normalized spacial score (nSPS) is 12.7. The molecule has 292 valence electrons. The zero-order valence-corrected chi connectivity index (χ0v) is 35.2. The fourth-order valence-electron chi connectivity index (χ4n) is 9.84. The maximum Gasteiger partial charge on any atom is 0.0588 e. The topological polar surface area (TPSA) is 8.17 Å². The molecule has 62 heavy (non-hydrogen) atoms. The van der Waals surface area contributed by atoms with E-state index < -0.39 is 0 Å². The number of benzene rings is 9. The number of hydrogen-bond donors (Lipinski definition) is 0. The van der Waals surface area contributed by atoms with E-state index in [0.29, 0.717) is 0 Å². The molecule has 11 aromatic rings. The summed E-state index contributed by atoms with van der Waals surface area (Å²) in [6, 6.07) is 74.6. The Labute approximate surface area is 365 Å².